The second-order valence-corrected chi connectivity index (χ2v) is 2.61. The molecule has 0 spiro atoms. The number of hydrogen-bond donors (Lipinski definition) is 1. The highest BCUT2D eigenvalue weighted by molar-refractivity contribution is 9.10. The largest absolute Gasteiger partial charge is 0.385 e. The van der Waals surface area contributed by atoms with Crippen LogP contribution < -0.4 is 5.73 Å². The lowest BCUT2D eigenvalue weighted by molar-refractivity contribution is 0.939. The number of anilines is 1. The number of nitrogens with two attached hydrogens (primary N) is 1. The first-order chi connectivity index (χ1) is 3.70. The third-order valence-corrected chi connectivity index (χ3v) is 1.44. The standard InChI is InChI=1S/C5H7BrN2/c1-8-3-4(6)2-5(8)7/h2-3H,7H2,1H3. The van der Waals surface area contributed by atoms with Gasteiger partial charge in [-0.3, -0.25) is 0 Å². The Labute approximate surface area is 56.4 Å². The van der Waals surface area contributed by atoms with Crippen LogP contribution in [0.5, 0.6) is 0 Å². The minimum Gasteiger partial charge on any atom is -0.385 e. The van der Waals surface area contributed by atoms with Crippen LogP contribution in [0.1, 0.15) is 0 Å². The van der Waals surface area contributed by atoms with Crippen molar-refractivity contribution in [2.45, 2.75) is 0 Å². The highest BCUT2D eigenvalue weighted by Gasteiger charge is 1.92. The summed E-state index contributed by atoms with van der Waals surface area (Å²) in [7, 11) is 1.90. The summed E-state index contributed by atoms with van der Waals surface area (Å²) in [5.74, 6) is 0.775. The van der Waals surface area contributed by atoms with Crippen molar-refractivity contribution in [1.82, 2.24) is 4.57 Å². The first-order valence-electron chi connectivity index (χ1n) is 2.27. The Bertz CT molecular complexity index is 173. The van der Waals surface area contributed by atoms with Gasteiger partial charge in [0, 0.05) is 17.7 Å². The summed E-state index contributed by atoms with van der Waals surface area (Å²) in [5.41, 5.74) is 5.47. The predicted molar refractivity (Wildman–Crippen MR) is 37.5 cm³/mol. The molecule has 1 aromatic rings. The maximum Gasteiger partial charge on any atom is 0.104 e. The second kappa shape index (κ2) is 1.82. The van der Waals surface area contributed by atoms with Crippen LogP contribution in [0.3, 0.4) is 0 Å². The first-order valence-corrected chi connectivity index (χ1v) is 3.07. The zero-order valence-corrected chi connectivity index (χ0v) is 6.14. The van der Waals surface area contributed by atoms with E-state index in [2.05, 4.69) is 15.9 Å². The smallest absolute Gasteiger partial charge is 0.104 e. The Balaban J connectivity index is 3.14. The first kappa shape index (κ1) is 5.69. The van der Waals surface area contributed by atoms with Crippen LogP contribution in [0.25, 0.3) is 0 Å². The van der Waals surface area contributed by atoms with Gasteiger partial charge in [0.05, 0.1) is 0 Å². The van der Waals surface area contributed by atoms with E-state index in [1.165, 1.54) is 0 Å². The quantitative estimate of drug-likeness (QED) is 0.634. The molecule has 0 saturated heterocycles. The predicted octanol–water partition coefficient (Wildman–Crippen LogP) is 1.37. The van der Waals surface area contributed by atoms with E-state index < -0.39 is 0 Å². The summed E-state index contributed by atoms with van der Waals surface area (Å²) < 4.78 is 2.88. The molecule has 2 nitrogen and oxygen atoms in total. The van der Waals surface area contributed by atoms with Gasteiger partial charge in [0.2, 0.25) is 0 Å². The Kier molecular flexibility index (Phi) is 1.29. The second-order valence-electron chi connectivity index (χ2n) is 1.69. The number of halogens is 1. The average Bonchev–Trinajstić information content (AvgIpc) is 1.85. The summed E-state index contributed by atoms with van der Waals surface area (Å²) in [6, 6.07) is 1.86. The molecule has 1 aromatic heterocycles. The van der Waals surface area contributed by atoms with Crippen LogP contribution in [-0.2, 0) is 7.05 Å². The maximum absolute atomic E-state index is 5.47. The van der Waals surface area contributed by atoms with E-state index in [9.17, 15) is 0 Å². The van der Waals surface area contributed by atoms with Crippen LogP contribution in [-0.4, -0.2) is 4.57 Å². The van der Waals surface area contributed by atoms with Crippen LogP contribution in [0, 0.1) is 0 Å². The van der Waals surface area contributed by atoms with Crippen molar-refractivity contribution in [3.8, 4) is 0 Å². The molecule has 0 aliphatic rings. The van der Waals surface area contributed by atoms with Crippen molar-refractivity contribution >= 4 is 21.7 Å². The van der Waals surface area contributed by atoms with E-state index >= 15 is 0 Å². The lowest BCUT2D eigenvalue weighted by atomic mass is 10.6. The maximum atomic E-state index is 5.47. The van der Waals surface area contributed by atoms with Crippen molar-refractivity contribution in [2.75, 3.05) is 5.73 Å². The number of hydrogen-bond acceptors (Lipinski definition) is 1. The Morgan fingerprint density at radius 3 is 2.50 bits per heavy atom. The minimum atomic E-state index is 0.775. The third-order valence-electron chi connectivity index (χ3n) is 1.01. The van der Waals surface area contributed by atoms with Crippen LogP contribution in [0.15, 0.2) is 16.7 Å². The van der Waals surface area contributed by atoms with E-state index in [0.29, 0.717) is 0 Å². The molecule has 0 radical (unpaired) electrons. The molecule has 44 valence electrons. The van der Waals surface area contributed by atoms with Gasteiger partial charge in [0.1, 0.15) is 5.82 Å². The molecular formula is C5H7BrN2. The molecule has 0 unspecified atom stereocenters. The fraction of sp³-hybridized carbons (Fsp3) is 0.200. The Morgan fingerprint density at radius 1 is 1.75 bits per heavy atom. The van der Waals surface area contributed by atoms with Gasteiger partial charge in [-0.15, -0.1) is 0 Å². The van der Waals surface area contributed by atoms with Crippen molar-refractivity contribution < 1.29 is 0 Å². The van der Waals surface area contributed by atoms with Crippen LogP contribution >= 0.6 is 15.9 Å². The van der Waals surface area contributed by atoms with Gasteiger partial charge >= 0.3 is 0 Å². The lowest BCUT2D eigenvalue weighted by Gasteiger charge is -1.89. The fourth-order valence-corrected chi connectivity index (χ4v) is 1.08. The summed E-state index contributed by atoms with van der Waals surface area (Å²) in [6.07, 6.45) is 1.91. The molecule has 0 aliphatic carbocycles. The summed E-state index contributed by atoms with van der Waals surface area (Å²) in [6.45, 7) is 0. The highest BCUT2D eigenvalue weighted by Crippen LogP contribution is 2.13. The molecule has 8 heavy (non-hydrogen) atoms. The van der Waals surface area contributed by atoms with E-state index in [0.717, 1.165) is 10.3 Å². The van der Waals surface area contributed by atoms with Gasteiger partial charge in [-0.1, -0.05) is 0 Å². The Hall–Kier alpha value is -0.440. The molecule has 2 N–H and O–H groups in total. The molecule has 0 atom stereocenters. The van der Waals surface area contributed by atoms with Gasteiger partial charge in [-0.05, 0) is 22.0 Å². The lowest BCUT2D eigenvalue weighted by Crippen LogP contribution is -1.92. The molecule has 1 heterocycles. The molecule has 3 heteroatoms. The topological polar surface area (TPSA) is 30.9 Å². The number of nitrogens with zero attached hydrogens (tertiary/aromatic N) is 1. The molecule has 0 fully saturated rings. The van der Waals surface area contributed by atoms with E-state index in [1.807, 2.05) is 23.9 Å². The zero-order valence-electron chi connectivity index (χ0n) is 4.56. The average molecular weight is 175 g/mol. The van der Waals surface area contributed by atoms with Crippen molar-refractivity contribution in [1.29, 1.82) is 0 Å². The van der Waals surface area contributed by atoms with Gasteiger partial charge in [0.15, 0.2) is 0 Å². The number of nitrogen functional groups attached to an aromatic ring is 1. The number of rotatable bonds is 0. The van der Waals surface area contributed by atoms with Crippen LogP contribution in [0.4, 0.5) is 5.82 Å². The molecule has 0 saturated carbocycles. The summed E-state index contributed by atoms with van der Waals surface area (Å²) in [4.78, 5) is 0. The van der Waals surface area contributed by atoms with Crippen molar-refractivity contribution in [3.63, 3.8) is 0 Å². The zero-order chi connectivity index (χ0) is 6.15. The van der Waals surface area contributed by atoms with Gasteiger partial charge in [0.25, 0.3) is 0 Å². The normalized spacial score (nSPS) is 9.75. The molecule has 0 amide bonds. The van der Waals surface area contributed by atoms with Crippen LogP contribution in [0.2, 0.25) is 0 Å². The van der Waals surface area contributed by atoms with Gasteiger partial charge in [-0.25, -0.2) is 0 Å². The van der Waals surface area contributed by atoms with Gasteiger partial charge in [-0.2, -0.15) is 0 Å². The molecular weight excluding hydrogens is 168 g/mol. The monoisotopic (exact) mass is 174 g/mol. The van der Waals surface area contributed by atoms with Gasteiger partial charge < -0.3 is 10.3 Å². The molecule has 1 rings (SSSR count). The Morgan fingerprint density at radius 2 is 2.38 bits per heavy atom. The van der Waals surface area contributed by atoms with E-state index in [-0.39, 0.29) is 0 Å². The highest BCUT2D eigenvalue weighted by atomic mass is 79.9. The molecule has 0 aliphatic heterocycles. The number of aryl methyl sites for hydroxylation is 1. The van der Waals surface area contributed by atoms with Crippen molar-refractivity contribution in [2.24, 2.45) is 7.05 Å². The van der Waals surface area contributed by atoms with E-state index in [1.54, 1.807) is 0 Å². The summed E-state index contributed by atoms with van der Waals surface area (Å²) in [5, 5.41) is 0. The van der Waals surface area contributed by atoms with Crippen molar-refractivity contribution in [3.05, 3.63) is 16.7 Å². The fourth-order valence-electron chi connectivity index (χ4n) is 0.540. The minimum absolute atomic E-state index is 0.775. The molecule has 0 bridgehead atoms. The summed E-state index contributed by atoms with van der Waals surface area (Å²) >= 11 is 3.28. The molecule has 0 aromatic carbocycles. The number of aromatic nitrogens is 1. The van der Waals surface area contributed by atoms with E-state index in [4.69, 9.17) is 5.73 Å². The third kappa shape index (κ3) is 0.865. The SMILES string of the molecule is Cn1cc(Br)cc1N.